The SMILES string of the molecule is C=CC/C(=C(/CCCC)C(C)C)P(=S)(c1ccccc1)c1ccccc1. The van der Waals surface area contributed by atoms with E-state index in [0.29, 0.717) is 5.92 Å². The average Bonchev–Trinajstić information content (AvgIpc) is 2.68. The van der Waals surface area contributed by atoms with Crippen molar-refractivity contribution in [2.24, 2.45) is 5.92 Å². The van der Waals surface area contributed by atoms with Gasteiger partial charge in [0.1, 0.15) is 0 Å². The molecule has 0 saturated heterocycles. The topological polar surface area (TPSA) is 0 Å². The Hall–Kier alpha value is -1.43. The number of benzene rings is 2. The molecule has 2 aromatic carbocycles. The van der Waals surface area contributed by atoms with E-state index >= 15 is 0 Å². The molecule has 0 atom stereocenters. The molecule has 0 spiro atoms. The van der Waals surface area contributed by atoms with Crippen molar-refractivity contribution in [2.45, 2.75) is 46.5 Å². The molecule has 26 heavy (non-hydrogen) atoms. The van der Waals surface area contributed by atoms with Gasteiger partial charge in [0.15, 0.2) is 0 Å². The fourth-order valence-electron chi connectivity index (χ4n) is 3.47. The average molecular weight is 383 g/mol. The van der Waals surface area contributed by atoms with Gasteiger partial charge in [-0.05, 0) is 41.1 Å². The second-order valence-corrected chi connectivity index (χ2v) is 11.4. The van der Waals surface area contributed by atoms with Crippen LogP contribution in [-0.4, -0.2) is 0 Å². The van der Waals surface area contributed by atoms with E-state index < -0.39 is 6.04 Å². The summed E-state index contributed by atoms with van der Waals surface area (Å²) in [6.45, 7) is 10.9. The first-order valence-electron chi connectivity index (χ1n) is 9.60. The fourth-order valence-corrected chi connectivity index (χ4v) is 8.04. The molecule has 0 unspecified atom stereocenters. The van der Waals surface area contributed by atoms with Crippen LogP contribution in [0.25, 0.3) is 0 Å². The molecule has 0 aromatic heterocycles. The summed E-state index contributed by atoms with van der Waals surface area (Å²) >= 11 is 6.57. The van der Waals surface area contributed by atoms with Gasteiger partial charge in [-0.25, -0.2) is 0 Å². The third-order valence-electron chi connectivity index (χ3n) is 4.82. The number of allylic oxidation sites excluding steroid dienone is 3. The molecule has 138 valence electrons. The van der Waals surface area contributed by atoms with Crippen LogP contribution in [0.15, 0.2) is 84.2 Å². The lowest BCUT2D eigenvalue weighted by Gasteiger charge is -2.30. The van der Waals surface area contributed by atoms with Gasteiger partial charge in [-0.1, -0.05) is 111 Å². The Bertz CT molecular complexity index is 729. The second kappa shape index (κ2) is 10.0. The molecule has 0 aliphatic rings. The first kappa shape index (κ1) is 20.9. The lowest BCUT2D eigenvalue weighted by Crippen LogP contribution is -2.19. The fraction of sp³-hybridized carbons (Fsp3) is 0.333. The molecule has 0 amide bonds. The second-order valence-electron chi connectivity index (χ2n) is 7.00. The van der Waals surface area contributed by atoms with Crippen LogP contribution in [0.3, 0.4) is 0 Å². The van der Waals surface area contributed by atoms with E-state index in [1.54, 1.807) is 5.57 Å². The zero-order chi connectivity index (χ0) is 19.0. The standard InChI is InChI=1S/C24H31PS/c1-5-7-19-23(20(3)4)24(14-6-2)25(26,21-15-10-8-11-16-21)22-17-12-9-13-18-22/h6,8-13,15-18,20H,2,5,7,14,19H2,1,3-4H3/b24-23+. The van der Waals surface area contributed by atoms with E-state index in [2.05, 4.69) is 88.0 Å². The summed E-state index contributed by atoms with van der Waals surface area (Å²) in [5, 5.41) is 4.02. The van der Waals surface area contributed by atoms with Gasteiger partial charge in [0, 0.05) is 6.04 Å². The van der Waals surface area contributed by atoms with Gasteiger partial charge < -0.3 is 0 Å². The van der Waals surface area contributed by atoms with Crippen LogP contribution in [-0.2, 0) is 11.8 Å². The molecule has 0 fully saturated rings. The van der Waals surface area contributed by atoms with Gasteiger partial charge in [0.25, 0.3) is 0 Å². The van der Waals surface area contributed by atoms with Crippen molar-refractivity contribution < 1.29 is 0 Å². The summed E-state index contributed by atoms with van der Waals surface area (Å²) in [5.74, 6) is 0.506. The van der Waals surface area contributed by atoms with Crippen LogP contribution < -0.4 is 10.6 Å². The summed E-state index contributed by atoms with van der Waals surface area (Å²) in [7, 11) is 0. The number of unbranched alkanes of at least 4 members (excludes halogenated alkanes) is 1. The summed E-state index contributed by atoms with van der Waals surface area (Å²) in [6, 6.07) is 19.4. The van der Waals surface area contributed by atoms with Gasteiger partial charge in [0.2, 0.25) is 0 Å². The molecule has 0 heterocycles. The normalized spacial score (nSPS) is 12.8. The smallest absolute Gasteiger partial charge is 0.0343 e. The highest BCUT2D eigenvalue weighted by Gasteiger charge is 2.29. The van der Waals surface area contributed by atoms with Crippen LogP contribution in [0.1, 0.15) is 46.5 Å². The van der Waals surface area contributed by atoms with Crippen LogP contribution in [0.5, 0.6) is 0 Å². The van der Waals surface area contributed by atoms with Crippen molar-refractivity contribution in [2.75, 3.05) is 0 Å². The van der Waals surface area contributed by atoms with Crippen LogP contribution in [0.4, 0.5) is 0 Å². The van der Waals surface area contributed by atoms with Crippen molar-refractivity contribution >= 4 is 28.5 Å². The van der Waals surface area contributed by atoms with Crippen LogP contribution in [0, 0.1) is 5.92 Å². The summed E-state index contributed by atoms with van der Waals surface area (Å²) < 4.78 is 0. The van der Waals surface area contributed by atoms with Crippen molar-refractivity contribution in [1.29, 1.82) is 0 Å². The molecular formula is C24H31PS. The minimum Gasteiger partial charge on any atom is -0.103 e. The summed E-state index contributed by atoms with van der Waals surface area (Å²) in [4.78, 5) is 0. The molecule has 0 radical (unpaired) electrons. The minimum absolute atomic E-state index is 0.506. The summed E-state index contributed by atoms with van der Waals surface area (Å²) in [5.41, 5.74) is 1.54. The van der Waals surface area contributed by atoms with Crippen molar-refractivity contribution in [3.63, 3.8) is 0 Å². The van der Waals surface area contributed by atoms with Crippen molar-refractivity contribution in [3.8, 4) is 0 Å². The summed E-state index contributed by atoms with van der Waals surface area (Å²) in [6.07, 6.45) is 6.47. The predicted molar refractivity (Wildman–Crippen MR) is 123 cm³/mol. The highest BCUT2D eigenvalue weighted by atomic mass is 32.4. The maximum atomic E-state index is 6.57. The molecule has 0 nitrogen and oxygen atoms in total. The van der Waals surface area contributed by atoms with Crippen molar-refractivity contribution in [3.05, 3.63) is 84.2 Å². The predicted octanol–water partition coefficient (Wildman–Crippen LogP) is 6.79. The molecule has 0 aliphatic heterocycles. The maximum absolute atomic E-state index is 6.57. The zero-order valence-corrected chi connectivity index (χ0v) is 18.0. The van der Waals surface area contributed by atoms with E-state index in [9.17, 15) is 0 Å². The Kier molecular flexibility index (Phi) is 8.07. The highest BCUT2D eigenvalue weighted by molar-refractivity contribution is 8.23. The first-order valence-corrected chi connectivity index (χ1v) is 12.4. The van der Waals surface area contributed by atoms with Gasteiger partial charge in [-0.15, -0.1) is 6.58 Å². The molecular weight excluding hydrogens is 351 g/mol. The van der Waals surface area contributed by atoms with Gasteiger partial charge in [-0.3, -0.25) is 0 Å². The van der Waals surface area contributed by atoms with E-state index in [0.717, 1.165) is 12.8 Å². The Morgan fingerprint density at radius 3 is 1.88 bits per heavy atom. The van der Waals surface area contributed by atoms with Gasteiger partial charge in [-0.2, -0.15) is 0 Å². The third-order valence-corrected chi connectivity index (χ3v) is 10.0. The Morgan fingerprint density at radius 1 is 1.00 bits per heavy atom. The maximum Gasteiger partial charge on any atom is 0.0343 e. The molecule has 0 saturated carbocycles. The van der Waals surface area contributed by atoms with Gasteiger partial charge >= 0.3 is 0 Å². The van der Waals surface area contributed by atoms with E-state index in [4.69, 9.17) is 11.8 Å². The molecule has 0 aliphatic carbocycles. The number of hydrogen-bond donors (Lipinski definition) is 0. The van der Waals surface area contributed by atoms with Gasteiger partial charge in [0.05, 0.1) is 0 Å². The molecule has 0 N–H and O–H groups in total. The lowest BCUT2D eigenvalue weighted by molar-refractivity contribution is 0.668. The molecule has 2 rings (SSSR count). The largest absolute Gasteiger partial charge is 0.103 e. The van der Waals surface area contributed by atoms with Crippen LogP contribution in [0.2, 0.25) is 0 Å². The minimum atomic E-state index is -2.06. The van der Waals surface area contributed by atoms with E-state index in [-0.39, 0.29) is 0 Å². The molecule has 2 heteroatoms. The Balaban J connectivity index is 2.79. The Morgan fingerprint density at radius 2 is 1.50 bits per heavy atom. The monoisotopic (exact) mass is 382 g/mol. The third kappa shape index (κ3) is 4.64. The molecule has 2 aromatic rings. The molecule has 0 bridgehead atoms. The first-order chi connectivity index (χ1) is 12.6. The number of hydrogen-bond acceptors (Lipinski definition) is 1. The van der Waals surface area contributed by atoms with E-state index in [1.807, 2.05) is 6.08 Å². The van der Waals surface area contributed by atoms with E-state index in [1.165, 1.54) is 28.8 Å². The Labute approximate surface area is 165 Å². The number of rotatable bonds is 9. The zero-order valence-electron chi connectivity index (χ0n) is 16.3. The highest BCUT2D eigenvalue weighted by Crippen LogP contribution is 2.56. The quantitative estimate of drug-likeness (QED) is 0.340. The van der Waals surface area contributed by atoms with Crippen molar-refractivity contribution in [1.82, 2.24) is 0 Å². The van der Waals surface area contributed by atoms with Crippen LogP contribution >= 0.6 is 6.04 Å². The lowest BCUT2D eigenvalue weighted by atomic mass is 9.96.